The molecule has 1 fully saturated rings. The Labute approximate surface area is 229 Å². The molecule has 0 unspecified atom stereocenters. The van der Waals surface area contributed by atoms with E-state index in [0.717, 1.165) is 19.2 Å². The maximum atomic E-state index is 13.9. The van der Waals surface area contributed by atoms with Crippen LogP contribution in [0.15, 0.2) is 65.2 Å². The molecule has 0 saturated carbocycles. The SMILES string of the molecule is CC(C)N1CCN(Cc2ccc(NC(=O)Nc3ccc(Oc4cc(N=NN)ncn4)cc3)cc2C(F)(F)F)CC1. The number of carbonyl (C=O) groups excluding carboxylic acids is 1. The molecule has 14 heteroatoms. The van der Waals surface area contributed by atoms with Crippen molar-refractivity contribution >= 4 is 23.2 Å². The second-order valence-corrected chi connectivity index (χ2v) is 9.41. The van der Waals surface area contributed by atoms with Gasteiger partial charge in [0.05, 0.1) is 5.56 Å². The Morgan fingerprint density at radius 3 is 2.35 bits per heavy atom. The second kappa shape index (κ2) is 12.7. The van der Waals surface area contributed by atoms with Crippen molar-refractivity contribution in [2.45, 2.75) is 32.6 Å². The van der Waals surface area contributed by atoms with Crippen molar-refractivity contribution < 1.29 is 22.7 Å². The number of piperazine rings is 1. The van der Waals surface area contributed by atoms with E-state index < -0.39 is 17.8 Å². The lowest BCUT2D eigenvalue weighted by atomic mass is 10.0. The molecule has 1 saturated heterocycles. The van der Waals surface area contributed by atoms with Gasteiger partial charge in [0, 0.05) is 56.2 Å². The number of rotatable bonds is 8. The zero-order valence-corrected chi connectivity index (χ0v) is 22.0. The van der Waals surface area contributed by atoms with E-state index >= 15 is 0 Å². The Hall–Kier alpha value is -4.30. The minimum absolute atomic E-state index is 0.0346. The number of benzene rings is 2. The Kier molecular flexibility index (Phi) is 9.11. The van der Waals surface area contributed by atoms with Crippen LogP contribution in [-0.4, -0.2) is 58.0 Å². The number of nitrogens with one attached hydrogen (secondary N) is 2. The number of anilines is 2. The molecule has 212 valence electrons. The molecule has 0 bridgehead atoms. The standard InChI is InChI=1S/C26H30F3N9O2/c1-17(2)38-11-9-37(10-12-38)15-18-3-4-20(13-22(18)26(27,28)29)34-25(39)33-19-5-7-21(8-6-19)40-24-14-23(35-36-30)31-16-32-24/h3-8,13-14,16-17H,9-12,15H2,1-2H3,(H2,33,34,39)(H2,30,31,32,35). The predicted molar refractivity (Wildman–Crippen MR) is 143 cm³/mol. The average Bonchev–Trinajstić information content (AvgIpc) is 2.91. The van der Waals surface area contributed by atoms with Crippen molar-refractivity contribution in [1.29, 1.82) is 0 Å². The largest absolute Gasteiger partial charge is 0.439 e. The van der Waals surface area contributed by atoms with Crippen LogP contribution in [0.4, 0.5) is 35.2 Å². The zero-order chi connectivity index (χ0) is 28.7. The van der Waals surface area contributed by atoms with Gasteiger partial charge in [-0.1, -0.05) is 11.3 Å². The van der Waals surface area contributed by atoms with Gasteiger partial charge in [-0.15, -0.1) is 5.11 Å². The predicted octanol–water partition coefficient (Wildman–Crippen LogP) is 5.42. The van der Waals surface area contributed by atoms with E-state index in [0.29, 0.717) is 30.6 Å². The quantitative estimate of drug-likeness (QED) is 0.191. The van der Waals surface area contributed by atoms with Crippen molar-refractivity contribution in [3.63, 3.8) is 0 Å². The Balaban J connectivity index is 1.36. The molecule has 1 aliphatic rings. The number of nitrogens with two attached hydrogens (primary N) is 1. The van der Waals surface area contributed by atoms with Gasteiger partial charge < -0.3 is 21.2 Å². The summed E-state index contributed by atoms with van der Waals surface area (Å²) in [5, 5.41) is 11.8. The smallest absolute Gasteiger partial charge is 0.416 e. The highest BCUT2D eigenvalue weighted by Gasteiger charge is 2.34. The number of alkyl halides is 3. The summed E-state index contributed by atoms with van der Waals surface area (Å²) < 4.78 is 47.3. The second-order valence-electron chi connectivity index (χ2n) is 9.41. The van der Waals surface area contributed by atoms with E-state index in [-0.39, 0.29) is 29.5 Å². The summed E-state index contributed by atoms with van der Waals surface area (Å²) in [6, 6.07) is 11.3. The number of urea groups is 1. The topological polar surface area (TPSA) is 133 Å². The van der Waals surface area contributed by atoms with Gasteiger partial charge in [0.15, 0.2) is 5.82 Å². The number of amides is 2. The fraction of sp³-hybridized carbons (Fsp3) is 0.346. The fourth-order valence-electron chi connectivity index (χ4n) is 4.25. The zero-order valence-electron chi connectivity index (χ0n) is 22.0. The minimum Gasteiger partial charge on any atom is -0.439 e. The highest BCUT2D eigenvalue weighted by Crippen LogP contribution is 2.35. The number of nitrogens with zero attached hydrogens (tertiary/aromatic N) is 6. The number of hydrogen-bond acceptors (Lipinski definition) is 8. The molecular formula is C26H30F3N9O2. The van der Waals surface area contributed by atoms with Crippen molar-refractivity contribution in [3.8, 4) is 11.6 Å². The monoisotopic (exact) mass is 557 g/mol. The Bertz CT molecular complexity index is 1330. The van der Waals surface area contributed by atoms with Gasteiger partial charge in [-0.3, -0.25) is 9.80 Å². The molecule has 3 aromatic rings. The van der Waals surface area contributed by atoms with E-state index in [9.17, 15) is 18.0 Å². The molecule has 0 aliphatic carbocycles. The molecule has 1 aliphatic heterocycles. The fourth-order valence-corrected chi connectivity index (χ4v) is 4.25. The van der Waals surface area contributed by atoms with Crippen LogP contribution >= 0.6 is 0 Å². The number of carbonyl (C=O) groups is 1. The van der Waals surface area contributed by atoms with Gasteiger partial charge in [0.25, 0.3) is 0 Å². The molecule has 40 heavy (non-hydrogen) atoms. The van der Waals surface area contributed by atoms with E-state index in [4.69, 9.17) is 10.6 Å². The first kappa shape index (κ1) is 28.7. The summed E-state index contributed by atoms with van der Waals surface area (Å²) in [6.45, 7) is 7.43. The summed E-state index contributed by atoms with van der Waals surface area (Å²) in [5.41, 5.74) is -0.154. The van der Waals surface area contributed by atoms with E-state index in [2.05, 4.69) is 49.7 Å². The summed E-state index contributed by atoms with van der Waals surface area (Å²) in [6.07, 6.45) is -3.32. The lowest BCUT2D eigenvalue weighted by Crippen LogP contribution is -2.48. The first-order chi connectivity index (χ1) is 19.1. The van der Waals surface area contributed by atoms with Crippen molar-refractivity contribution in [2.75, 3.05) is 36.8 Å². The van der Waals surface area contributed by atoms with E-state index in [1.54, 1.807) is 24.3 Å². The molecular weight excluding hydrogens is 527 g/mol. The number of aromatic nitrogens is 2. The molecule has 0 radical (unpaired) electrons. The van der Waals surface area contributed by atoms with Gasteiger partial charge in [-0.05, 0) is 55.8 Å². The van der Waals surface area contributed by atoms with Crippen LogP contribution in [0.5, 0.6) is 11.6 Å². The van der Waals surface area contributed by atoms with Crippen molar-refractivity contribution in [2.24, 2.45) is 16.2 Å². The maximum absolute atomic E-state index is 13.9. The molecule has 0 spiro atoms. The Morgan fingerprint density at radius 2 is 1.70 bits per heavy atom. The van der Waals surface area contributed by atoms with Gasteiger partial charge in [0.2, 0.25) is 5.88 Å². The summed E-state index contributed by atoms with van der Waals surface area (Å²) in [4.78, 5) is 24.7. The minimum atomic E-state index is -4.56. The Morgan fingerprint density at radius 1 is 1.02 bits per heavy atom. The van der Waals surface area contributed by atoms with Gasteiger partial charge in [-0.2, -0.15) is 13.2 Å². The molecule has 2 heterocycles. The molecule has 0 atom stereocenters. The van der Waals surface area contributed by atoms with Gasteiger partial charge >= 0.3 is 12.2 Å². The third-order valence-electron chi connectivity index (χ3n) is 6.33. The lowest BCUT2D eigenvalue weighted by molar-refractivity contribution is -0.138. The summed E-state index contributed by atoms with van der Waals surface area (Å²) in [7, 11) is 0. The van der Waals surface area contributed by atoms with Crippen LogP contribution in [0.2, 0.25) is 0 Å². The van der Waals surface area contributed by atoms with Crippen LogP contribution in [0.1, 0.15) is 25.0 Å². The molecule has 1 aromatic heterocycles. The molecule has 2 aromatic carbocycles. The third-order valence-corrected chi connectivity index (χ3v) is 6.33. The maximum Gasteiger partial charge on any atom is 0.416 e. The average molecular weight is 558 g/mol. The van der Waals surface area contributed by atoms with Gasteiger partial charge in [0.1, 0.15) is 12.1 Å². The number of hydrogen-bond donors (Lipinski definition) is 3. The van der Waals surface area contributed by atoms with Crippen LogP contribution in [0, 0.1) is 0 Å². The normalized spacial score (nSPS) is 14.9. The molecule has 11 nitrogen and oxygen atoms in total. The molecule has 4 N–H and O–H groups in total. The summed E-state index contributed by atoms with van der Waals surface area (Å²) >= 11 is 0. The highest BCUT2D eigenvalue weighted by atomic mass is 19.4. The third kappa shape index (κ3) is 7.86. The van der Waals surface area contributed by atoms with Crippen LogP contribution < -0.4 is 21.2 Å². The van der Waals surface area contributed by atoms with Crippen LogP contribution in [-0.2, 0) is 12.7 Å². The summed E-state index contributed by atoms with van der Waals surface area (Å²) in [5.74, 6) is 5.85. The number of halogens is 3. The molecule has 2 amide bonds. The van der Waals surface area contributed by atoms with Crippen LogP contribution in [0.25, 0.3) is 0 Å². The first-order valence-corrected chi connectivity index (χ1v) is 12.6. The highest BCUT2D eigenvalue weighted by molar-refractivity contribution is 5.99. The lowest BCUT2D eigenvalue weighted by Gasteiger charge is -2.37. The first-order valence-electron chi connectivity index (χ1n) is 12.6. The van der Waals surface area contributed by atoms with Gasteiger partial charge in [-0.25, -0.2) is 14.8 Å². The van der Waals surface area contributed by atoms with Crippen molar-refractivity contribution in [1.82, 2.24) is 19.8 Å². The number of ether oxygens (including phenoxy) is 1. The van der Waals surface area contributed by atoms with E-state index in [1.807, 2.05) is 4.90 Å². The van der Waals surface area contributed by atoms with Crippen molar-refractivity contribution in [3.05, 3.63) is 66.0 Å². The molecule has 4 rings (SSSR count). The van der Waals surface area contributed by atoms with E-state index in [1.165, 1.54) is 24.5 Å². The van der Waals surface area contributed by atoms with Crippen LogP contribution in [0.3, 0.4) is 0 Å².